The Labute approximate surface area is 186 Å². The van der Waals surface area contributed by atoms with Crippen LogP contribution in [0.5, 0.6) is 0 Å². The van der Waals surface area contributed by atoms with Crippen LogP contribution in [0.1, 0.15) is 28.8 Å². The van der Waals surface area contributed by atoms with Crippen molar-refractivity contribution in [3.63, 3.8) is 0 Å². The van der Waals surface area contributed by atoms with Gasteiger partial charge in [0.05, 0.1) is 18.7 Å². The zero-order valence-corrected chi connectivity index (χ0v) is 17.2. The predicted molar refractivity (Wildman–Crippen MR) is 111 cm³/mol. The summed E-state index contributed by atoms with van der Waals surface area (Å²) in [6.07, 6.45) is 1.13. The van der Waals surface area contributed by atoms with E-state index in [4.69, 9.17) is 9.15 Å². The molecule has 0 bridgehead atoms. The maximum Gasteiger partial charge on any atom is 0.338 e. The zero-order chi connectivity index (χ0) is 24.0. The quantitative estimate of drug-likeness (QED) is 0.211. The van der Waals surface area contributed by atoms with Gasteiger partial charge < -0.3 is 19.8 Å². The molecule has 4 N–H and O–H groups in total. The fraction of sp³-hybridized carbons (Fsp3) is 0.143. The van der Waals surface area contributed by atoms with Crippen molar-refractivity contribution in [2.24, 2.45) is 0 Å². The van der Waals surface area contributed by atoms with Crippen LogP contribution in [0.15, 0.2) is 46.4 Å². The number of benzene rings is 1. The number of furan rings is 1. The first-order valence-electron chi connectivity index (χ1n) is 9.60. The summed E-state index contributed by atoms with van der Waals surface area (Å²) in [5, 5.41) is 8.61. The van der Waals surface area contributed by atoms with E-state index < -0.39 is 35.6 Å². The number of amides is 6. The lowest BCUT2D eigenvalue weighted by Gasteiger charge is -2.13. The first-order valence-corrected chi connectivity index (χ1v) is 9.60. The highest BCUT2D eigenvalue weighted by molar-refractivity contribution is 6.39. The average Bonchev–Trinajstić information content (AvgIpc) is 3.22. The maximum absolute atomic E-state index is 12.1. The first kappa shape index (κ1) is 22.9. The number of hydrogen-bond acceptors (Lipinski definition) is 8. The summed E-state index contributed by atoms with van der Waals surface area (Å²) in [5.41, 5.74) is 0.281. The highest BCUT2D eigenvalue weighted by atomic mass is 16.5. The highest BCUT2D eigenvalue weighted by Crippen LogP contribution is 2.14. The lowest BCUT2D eigenvalue weighted by Crippen LogP contribution is -2.51. The Morgan fingerprint density at radius 1 is 0.970 bits per heavy atom. The number of ether oxygens (including phenoxy) is 1. The van der Waals surface area contributed by atoms with Gasteiger partial charge in [-0.05, 0) is 49.4 Å². The van der Waals surface area contributed by atoms with Crippen molar-refractivity contribution in [1.29, 1.82) is 0 Å². The number of hydrogen-bond donors (Lipinski definition) is 4. The molecule has 0 saturated carbocycles. The molecule has 0 radical (unpaired) electrons. The molecular weight excluding hydrogens is 436 g/mol. The van der Waals surface area contributed by atoms with Crippen molar-refractivity contribution in [1.82, 2.24) is 16.0 Å². The molecular formula is C21H18N4O8. The second-order valence-corrected chi connectivity index (χ2v) is 6.53. The standard InChI is InChI=1S/C21H18N4O8/c1-2-32-20(30)11-3-5-12(6-4-11)23-19(29)18(28)22-10-14-8-7-13(33-14)9-15-16(26)24-21(31)25-17(15)27/h3-9H,2,10H2,1H3,(H,22,28)(H,23,29)(H2,24,25,26,27,31). The first-order chi connectivity index (χ1) is 15.8. The normalized spacial score (nSPS) is 13.0. The minimum absolute atomic E-state index is 0.125. The van der Waals surface area contributed by atoms with E-state index in [1.165, 1.54) is 36.4 Å². The molecule has 0 spiro atoms. The molecule has 0 atom stereocenters. The molecule has 3 rings (SSSR count). The van der Waals surface area contributed by atoms with Crippen molar-refractivity contribution in [2.75, 3.05) is 11.9 Å². The Morgan fingerprint density at radius 2 is 1.64 bits per heavy atom. The largest absolute Gasteiger partial charge is 0.462 e. The number of imide groups is 2. The fourth-order valence-electron chi connectivity index (χ4n) is 2.66. The van der Waals surface area contributed by atoms with Crippen LogP contribution in [0, 0.1) is 0 Å². The summed E-state index contributed by atoms with van der Waals surface area (Å²) in [5.74, 6) is -3.75. The van der Waals surface area contributed by atoms with Gasteiger partial charge in [-0.25, -0.2) is 9.59 Å². The van der Waals surface area contributed by atoms with Crippen molar-refractivity contribution < 1.29 is 37.9 Å². The van der Waals surface area contributed by atoms with Crippen molar-refractivity contribution in [3.8, 4) is 0 Å². The number of barbiturate groups is 1. The number of esters is 1. The molecule has 170 valence electrons. The summed E-state index contributed by atoms with van der Waals surface area (Å²) >= 11 is 0. The Hall–Kier alpha value is -4.74. The average molecular weight is 454 g/mol. The molecule has 1 aromatic carbocycles. The highest BCUT2D eigenvalue weighted by Gasteiger charge is 2.28. The van der Waals surface area contributed by atoms with Crippen LogP contribution in [-0.2, 0) is 30.5 Å². The number of carbonyl (C=O) groups excluding carboxylic acids is 6. The van der Waals surface area contributed by atoms with Gasteiger partial charge in [-0.1, -0.05) is 0 Å². The second kappa shape index (κ2) is 10.0. The van der Waals surface area contributed by atoms with Gasteiger partial charge in [0.25, 0.3) is 11.8 Å². The molecule has 1 fully saturated rings. The number of anilines is 1. The van der Waals surface area contributed by atoms with E-state index in [0.29, 0.717) is 11.3 Å². The molecule has 1 aromatic heterocycles. The summed E-state index contributed by atoms with van der Waals surface area (Å²) < 4.78 is 10.3. The van der Waals surface area contributed by atoms with E-state index in [9.17, 15) is 28.8 Å². The van der Waals surface area contributed by atoms with Crippen molar-refractivity contribution in [2.45, 2.75) is 13.5 Å². The molecule has 6 amide bonds. The number of carbonyl (C=O) groups is 6. The minimum Gasteiger partial charge on any atom is -0.462 e. The molecule has 12 heteroatoms. The molecule has 1 aliphatic rings. The number of nitrogens with one attached hydrogen (secondary N) is 4. The molecule has 1 saturated heterocycles. The van der Waals surface area contributed by atoms with Crippen LogP contribution >= 0.6 is 0 Å². The monoisotopic (exact) mass is 454 g/mol. The van der Waals surface area contributed by atoms with Gasteiger partial charge in [0.2, 0.25) is 0 Å². The smallest absolute Gasteiger partial charge is 0.338 e. The maximum atomic E-state index is 12.1. The summed E-state index contributed by atoms with van der Waals surface area (Å²) in [7, 11) is 0. The SMILES string of the molecule is CCOC(=O)c1ccc(NC(=O)C(=O)NCc2ccc(C=C3C(=O)NC(=O)NC3=O)o2)cc1. The fourth-order valence-corrected chi connectivity index (χ4v) is 2.66. The summed E-state index contributed by atoms with van der Waals surface area (Å²) in [4.78, 5) is 70.2. The van der Waals surface area contributed by atoms with Gasteiger partial charge in [-0.3, -0.25) is 29.8 Å². The third-order valence-electron chi connectivity index (χ3n) is 4.20. The third-order valence-corrected chi connectivity index (χ3v) is 4.20. The van der Waals surface area contributed by atoms with E-state index in [-0.39, 0.29) is 30.2 Å². The van der Waals surface area contributed by atoms with E-state index in [1.54, 1.807) is 6.92 Å². The Balaban J connectivity index is 1.53. The van der Waals surface area contributed by atoms with Gasteiger partial charge in [0.15, 0.2) is 0 Å². The van der Waals surface area contributed by atoms with Gasteiger partial charge >= 0.3 is 23.8 Å². The van der Waals surface area contributed by atoms with Crippen LogP contribution in [0.3, 0.4) is 0 Å². The topological polar surface area (TPSA) is 173 Å². The van der Waals surface area contributed by atoms with Crippen LogP contribution < -0.4 is 21.3 Å². The molecule has 0 unspecified atom stereocenters. The summed E-state index contributed by atoms with van der Waals surface area (Å²) in [6, 6.07) is 7.81. The van der Waals surface area contributed by atoms with Gasteiger partial charge in [-0.15, -0.1) is 0 Å². The van der Waals surface area contributed by atoms with E-state index in [0.717, 1.165) is 6.08 Å². The van der Waals surface area contributed by atoms with Crippen LogP contribution in [0.25, 0.3) is 6.08 Å². The molecule has 12 nitrogen and oxygen atoms in total. The Bertz CT molecular complexity index is 1140. The molecule has 1 aliphatic heterocycles. The van der Waals surface area contributed by atoms with Crippen LogP contribution in [0.4, 0.5) is 10.5 Å². The van der Waals surface area contributed by atoms with Gasteiger partial charge in [0, 0.05) is 5.69 Å². The Morgan fingerprint density at radius 3 is 2.27 bits per heavy atom. The van der Waals surface area contributed by atoms with E-state index in [2.05, 4.69) is 10.6 Å². The lowest BCUT2D eigenvalue weighted by molar-refractivity contribution is -0.136. The molecule has 2 aromatic rings. The van der Waals surface area contributed by atoms with Gasteiger partial charge in [-0.2, -0.15) is 0 Å². The Kier molecular flexibility index (Phi) is 6.98. The minimum atomic E-state index is -0.940. The molecule has 33 heavy (non-hydrogen) atoms. The molecule has 0 aliphatic carbocycles. The van der Waals surface area contributed by atoms with Crippen molar-refractivity contribution >= 4 is 47.4 Å². The summed E-state index contributed by atoms with van der Waals surface area (Å²) in [6.45, 7) is 1.77. The van der Waals surface area contributed by atoms with Crippen molar-refractivity contribution in [3.05, 3.63) is 59.1 Å². The second-order valence-electron chi connectivity index (χ2n) is 6.53. The lowest BCUT2D eigenvalue weighted by atomic mass is 10.1. The van der Waals surface area contributed by atoms with Gasteiger partial charge in [0.1, 0.15) is 17.1 Å². The molecule has 2 heterocycles. The van der Waals surface area contributed by atoms with Crippen LogP contribution in [-0.4, -0.2) is 42.2 Å². The van der Waals surface area contributed by atoms with Crippen LogP contribution in [0.2, 0.25) is 0 Å². The van der Waals surface area contributed by atoms with E-state index in [1.807, 2.05) is 10.6 Å². The number of rotatable bonds is 6. The third kappa shape index (κ3) is 5.91. The number of urea groups is 1. The zero-order valence-electron chi connectivity index (χ0n) is 17.2. The predicted octanol–water partition coefficient (Wildman–Crippen LogP) is 0.461. The van der Waals surface area contributed by atoms with E-state index >= 15 is 0 Å².